The van der Waals surface area contributed by atoms with Crippen molar-refractivity contribution in [3.63, 3.8) is 0 Å². The first-order valence-electron chi connectivity index (χ1n) is 12.5. The first-order valence-corrected chi connectivity index (χ1v) is 13.3. The van der Waals surface area contributed by atoms with Crippen LogP contribution in [-0.2, 0) is 24.2 Å². The molecular weight excluding hydrogens is 418 g/mol. The van der Waals surface area contributed by atoms with E-state index in [-0.39, 0.29) is 5.92 Å². The van der Waals surface area contributed by atoms with Crippen LogP contribution in [0.2, 0.25) is 0 Å². The maximum Gasteiger partial charge on any atom is 0.225 e. The van der Waals surface area contributed by atoms with Crippen molar-refractivity contribution in [2.24, 2.45) is 5.92 Å². The molecule has 1 fully saturated rings. The SMILES string of the molecule is CCCCC(CC)C(=O)N1CCN(c2nc(CN(C)C)nc3sc4c(c23)CCCC4)CC1. The number of anilines is 1. The topological polar surface area (TPSA) is 52.6 Å². The lowest BCUT2D eigenvalue weighted by Crippen LogP contribution is -2.50. The number of carbonyl (C=O) groups is 1. The summed E-state index contributed by atoms with van der Waals surface area (Å²) in [5.74, 6) is 2.55. The molecule has 1 amide bonds. The van der Waals surface area contributed by atoms with Gasteiger partial charge in [-0.15, -0.1) is 11.3 Å². The lowest BCUT2D eigenvalue weighted by atomic mass is 9.96. The maximum atomic E-state index is 13.1. The summed E-state index contributed by atoms with van der Waals surface area (Å²) in [6.45, 7) is 8.40. The molecule has 176 valence electrons. The zero-order valence-corrected chi connectivity index (χ0v) is 21.1. The van der Waals surface area contributed by atoms with Crippen LogP contribution >= 0.6 is 11.3 Å². The third kappa shape index (κ3) is 4.93. The first-order chi connectivity index (χ1) is 15.5. The van der Waals surface area contributed by atoms with E-state index in [1.54, 1.807) is 0 Å². The monoisotopic (exact) mass is 457 g/mol. The van der Waals surface area contributed by atoms with E-state index in [1.165, 1.54) is 35.1 Å². The van der Waals surface area contributed by atoms with Gasteiger partial charge in [-0.2, -0.15) is 0 Å². The smallest absolute Gasteiger partial charge is 0.225 e. The molecule has 32 heavy (non-hydrogen) atoms. The Morgan fingerprint density at radius 3 is 2.53 bits per heavy atom. The van der Waals surface area contributed by atoms with Crippen LogP contribution in [0, 0.1) is 5.92 Å². The Bertz CT molecular complexity index is 932. The number of unbranched alkanes of at least 4 members (excludes halogenated alkanes) is 1. The summed E-state index contributed by atoms with van der Waals surface area (Å²) in [6.07, 6.45) is 9.13. The Kier molecular flexibility index (Phi) is 7.66. The minimum atomic E-state index is 0.183. The van der Waals surface area contributed by atoms with Crippen molar-refractivity contribution < 1.29 is 4.79 Å². The van der Waals surface area contributed by atoms with E-state index in [9.17, 15) is 4.79 Å². The number of piperazine rings is 1. The number of nitrogens with zero attached hydrogens (tertiary/aromatic N) is 5. The number of aromatic nitrogens is 2. The highest BCUT2D eigenvalue weighted by atomic mass is 32.1. The third-order valence-corrected chi connectivity index (χ3v) is 8.12. The van der Waals surface area contributed by atoms with E-state index in [1.807, 2.05) is 11.3 Å². The quantitative estimate of drug-likeness (QED) is 0.584. The number of hydrogen-bond acceptors (Lipinski definition) is 6. The van der Waals surface area contributed by atoms with Crippen molar-refractivity contribution in [1.29, 1.82) is 0 Å². The van der Waals surface area contributed by atoms with E-state index >= 15 is 0 Å². The van der Waals surface area contributed by atoms with Crippen LogP contribution in [0.4, 0.5) is 5.82 Å². The van der Waals surface area contributed by atoms with Crippen LogP contribution in [-0.4, -0.2) is 65.9 Å². The van der Waals surface area contributed by atoms with Crippen molar-refractivity contribution >= 4 is 33.3 Å². The predicted molar refractivity (Wildman–Crippen MR) is 134 cm³/mol. The molecule has 1 unspecified atom stereocenters. The molecule has 0 saturated carbocycles. The molecule has 4 rings (SSSR count). The minimum absolute atomic E-state index is 0.183. The molecule has 7 heteroatoms. The van der Waals surface area contributed by atoms with Gasteiger partial charge in [0.25, 0.3) is 0 Å². The summed E-state index contributed by atoms with van der Waals surface area (Å²) in [6, 6.07) is 0. The largest absolute Gasteiger partial charge is 0.352 e. The highest BCUT2D eigenvalue weighted by Gasteiger charge is 2.29. The summed E-state index contributed by atoms with van der Waals surface area (Å²) >= 11 is 1.88. The van der Waals surface area contributed by atoms with Gasteiger partial charge < -0.3 is 14.7 Å². The van der Waals surface area contributed by atoms with E-state index in [4.69, 9.17) is 9.97 Å². The second kappa shape index (κ2) is 10.5. The molecule has 1 saturated heterocycles. The van der Waals surface area contributed by atoms with Gasteiger partial charge in [-0.3, -0.25) is 4.79 Å². The van der Waals surface area contributed by atoms with Crippen molar-refractivity contribution in [2.45, 2.75) is 71.8 Å². The van der Waals surface area contributed by atoms with Crippen molar-refractivity contribution in [2.75, 3.05) is 45.2 Å². The Balaban J connectivity index is 1.57. The third-order valence-electron chi connectivity index (χ3n) is 6.94. The van der Waals surface area contributed by atoms with Crippen LogP contribution in [0.15, 0.2) is 0 Å². The molecular formula is C25H39N5OS. The van der Waals surface area contributed by atoms with Gasteiger partial charge in [0.1, 0.15) is 16.5 Å². The lowest BCUT2D eigenvalue weighted by molar-refractivity contribution is -0.136. The fourth-order valence-corrected chi connectivity index (χ4v) is 6.39. The van der Waals surface area contributed by atoms with Crippen LogP contribution < -0.4 is 4.90 Å². The normalized spacial score (nSPS) is 17.8. The van der Waals surface area contributed by atoms with E-state index in [0.29, 0.717) is 5.91 Å². The van der Waals surface area contributed by atoms with Crippen LogP contribution in [0.25, 0.3) is 10.2 Å². The number of rotatable bonds is 8. The van der Waals surface area contributed by atoms with Crippen molar-refractivity contribution in [3.8, 4) is 0 Å². The summed E-state index contributed by atoms with van der Waals surface area (Å²) < 4.78 is 0. The predicted octanol–water partition coefficient (Wildman–Crippen LogP) is 4.50. The van der Waals surface area contributed by atoms with Crippen LogP contribution in [0.3, 0.4) is 0 Å². The van der Waals surface area contributed by atoms with E-state index in [2.05, 4.69) is 42.6 Å². The number of amides is 1. The summed E-state index contributed by atoms with van der Waals surface area (Å²) in [7, 11) is 4.14. The Hall–Kier alpha value is -1.73. The molecule has 2 aliphatic rings. The number of aryl methyl sites for hydroxylation is 2. The average Bonchev–Trinajstić information content (AvgIpc) is 3.17. The number of fused-ring (bicyclic) bond motifs is 3. The summed E-state index contributed by atoms with van der Waals surface area (Å²) in [4.78, 5) is 32.5. The molecule has 1 aliphatic heterocycles. The molecule has 0 radical (unpaired) electrons. The highest BCUT2D eigenvalue weighted by Crippen LogP contribution is 2.40. The fraction of sp³-hybridized carbons (Fsp3) is 0.720. The molecule has 3 heterocycles. The number of hydrogen-bond donors (Lipinski definition) is 0. The van der Waals surface area contributed by atoms with Gasteiger partial charge in [-0.25, -0.2) is 9.97 Å². The Labute approximate surface area is 197 Å². The van der Waals surface area contributed by atoms with Gasteiger partial charge in [-0.1, -0.05) is 26.7 Å². The minimum Gasteiger partial charge on any atom is -0.352 e. The molecule has 0 bridgehead atoms. The van der Waals surface area contributed by atoms with Gasteiger partial charge in [0.15, 0.2) is 0 Å². The second-order valence-corrected chi connectivity index (χ2v) is 10.7. The molecule has 2 aromatic heterocycles. The Morgan fingerprint density at radius 1 is 1.09 bits per heavy atom. The molecule has 1 atom stereocenters. The van der Waals surface area contributed by atoms with Gasteiger partial charge in [0.2, 0.25) is 5.91 Å². The number of carbonyl (C=O) groups excluding carboxylic acids is 1. The first kappa shape index (κ1) is 23.4. The summed E-state index contributed by atoms with van der Waals surface area (Å²) in [5.41, 5.74) is 1.49. The maximum absolute atomic E-state index is 13.1. The van der Waals surface area contributed by atoms with Gasteiger partial charge in [0.05, 0.1) is 11.9 Å². The Morgan fingerprint density at radius 2 is 1.84 bits per heavy atom. The molecule has 0 spiro atoms. The standard InChI is InChI=1S/C25H39N5OS/c1-5-7-10-18(6-2)25(31)30-15-13-29(14-16-30)23-22-19-11-8-9-12-20(19)32-24(22)27-21(26-23)17-28(3)4/h18H,5-17H2,1-4H3. The van der Waals surface area contributed by atoms with E-state index < -0.39 is 0 Å². The van der Waals surface area contributed by atoms with Gasteiger partial charge in [-0.05, 0) is 58.2 Å². The second-order valence-electron chi connectivity index (χ2n) is 9.65. The number of thiophene rings is 1. The van der Waals surface area contributed by atoms with Crippen molar-refractivity contribution in [1.82, 2.24) is 19.8 Å². The molecule has 0 N–H and O–H groups in total. The zero-order chi connectivity index (χ0) is 22.7. The highest BCUT2D eigenvalue weighted by molar-refractivity contribution is 7.19. The lowest BCUT2D eigenvalue weighted by Gasteiger charge is -2.37. The summed E-state index contributed by atoms with van der Waals surface area (Å²) in [5, 5.41) is 1.29. The molecule has 2 aromatic rings. The zero-order valence-electron chi connectivity index (χ0n) is 20.3. The van der Waals surface area contributed by atoms with Gasteiger partial charge in [0, 0.05) is 37.0 Å². The molecule has 1 aliphatic carbocycles. The van der Waals surface area contributed by atoms with E-state index in [0.717, 1.165) is 81.3 Å². The average molecular weight is 458 g/mol. The fourth-order valence-electron chi connectivity index (χ4n) is 5.11. The van der Waals surface area contributed by atoms with Crippen molar-refractivity contribution in [3.05, 3.63) is 16.3 Å². The van der Waals surface area contributed by atoms with Crippen LogP contribution in [0.1, 0.15) is 68.6 Å². The molecule has 6 nitrogen and oxygen atoms in total. The molecule has 0 aromatic carbocycles. The van der Waals surface area contributed by atoms with Gasteiger partial charge >= 0.3 is 0 Å². The van der Waals surface area contributed by atoms with Crippen LogP contribution in [0.5, 0.6) is 0 Å².